The second kappa shape index (κ2) is 6.21. The van der Waals surface area contributed by atoms with Crippen LogP contribution in [0.2, 0.25) is 10.0 Å². The molecule has 1 aromatic carbocycles. The van der Waals surface area contributed by atoms with Crippen molar-refractivity contribution >= 4 is 35.1 Å². The number of hydrogen-bond acceptors (Lipinski definition) is 3. The number of aliphatic imine (C=N–C) groups is 2. The zero-order chi connectivity index (χ0) is 14.6. The highest BCUT2D eigenvalue weighted by molar-refractivity contribution is 6.35. The molecule has 0 amide bonds. The largest absolute Gasteiger partial charge is 0.247 e. The minimum Gasteiger partial charge on any atom is -0.247 e. The summed E-state index contributed by atoms with van der Waals surface area (Å²) < 4.78 is 0. The van der Waals surface area contributed by atoms with Crippen molar-refractivity contribution in [2.75, 3.05) is 0 Å². The summed E-state index contributed by atoms with van der Waals surface area (Å²) in [5.74, 6) is 0. The van der Waals surface area contributed by atoms with E-state index in [0.29, 0.717) is 22.9 Å². The maximum atomic E-state index is 9.17. The molecule has 1 aromatic rings. The lowest BCUT2D eigenvalue weighted by atomic mass is 10.1. The van der Waals surface area contributed by atoms with Gasteiger partial charge in [-0.1, -0.05) is 35.3 Å². The highest BCUT2D eigenvalue weighted by atomic mass is 35.5. The van der Waals surface area contributed by atoms with Gasteiger partial charge in [-0.05, 0) is 30.5 Å². The van der Waals surface area contributed by atoms with Gasteiger partial charge in [0.15, 0.2) is 0 Å². The molecular weight excluding hydrogens is 293 g/mol. The number of nitrogens with zero attached hydrogens (tertiary/aromatic N) is 3. The van der Waals surface area contributed by atoms with Crippen molar-refractivity contribution < 1.29 is 0 Å². The van der Waals surface area contributed by atoms with E-state index in [9.17, 15) is 5.26 Å². The van der Waals surface area contributed by atoms with Crippen LogP contribution in [0.15, 0.2) is 40.8 Å². The average molecular weight is 306 g/mol. The molecular formula is C15H13Cl2N3. The Kier molecular flexibility index (Phi) is 4.59. The van der Waals surface area contributed by atoms with Crippen LogP contribution in [0.5, 0.6) is 0 Å². The molecule has 1 unspecified atom stereocenters. The third-order valence-corrected chi connectivity index (χ3v) is 3.62. The fraction of sp³-hybridized carbons (Fsp3) is 0.267. The van der Waals surface area contributed by atoms with Gasteiger partial charge < -0.3 is 0 Å². The number of rotatable bonds is 5. The smallest absolute Gasteiger partial charge is 0.240 e. The molecule has 1 aliphatic rings. The van der Waals surface area contributed by atoms with Crippen molar-refractivity contribution in [2.24, 2.45) is 9.98 Å². The first-order valence-corrected chi connectivity index (χ1v) is 6.94. The Morgan fingerprint density at radius 1 is 1.35 bits per heavy atom. The maximum absolute atomic E-state index is 9.17. The highest BCUT2D eigenvalue weighted by Gasteiger charge is 2.30. The van der Waals surface area contributed by atoms with Gasteiger partial charge >= 0.3 is 0 Å². The lowest BCUT2D eigenvalue weighted by molar-refractivity contribution is 0.596. The summed E-state index contributed by atoms with van der Waals surface area (Å²) in [5, 5.41) is 10.4. The molecule has 1 aliphatic heterocycles. The van der Waals surface area contributed by atoms with Crippen molar-refractivity contribution in [2.45, 2.75) is 24.9 Å². The minimum atomic E-state index is -1.01. The first-order valence-electron chi connectivity index (χ1n) is 6.18. The SMILES string of the molecule is C=CCC1(C#N)N=CC(CCc2ccc(Cl)cc2Cl)=N1. The summed E-state index contributed by atoms with van der Waals surface area (Å²) >= 11 is 12.0. The van der Waals surface area contributed by atoms with E-state index < -0.39 is 5.66 Å². The molecule has 102 valence electrons. The van der Waals surface area contributed by atoms with Gasteiger partial charge in [-0.3, -0.25) is 0 Å². The quantitative estimate of drug-likeness (QED) is 0.750. The van der Waals surface area contributed by atoms with Crippen molar-refractivity contribution in [1.29, 1.82) is 5.26 Å². The lowest BCUT2D eigenvalue weighted by Gasteiger charge is -2.10. The average Bonchev–Trinajstić information content (AvgIpc) is 2.82. The molecule has 0 aromatic heterocycles. The van der Waals surface area contributed by atoms with Crippen LogP contribution >= 0.6 is 23.2 Å². The van der Waals surface area contributed by atoms with Gasteiger partial charge in [0, 0.05) is 22.7 Å². The molecule has 0 bridgehead atoms. The van der Waals surface area contributed by atoms with Crippen molar-refractivity contribution in [3.8, 4) is 6.07 Å². The topological polar surface area (TPSA) is 48.5 Å². The molecule has 0 aliphatic carbocycles. The Morgan fingerprint density at radius 3 is 2.80 bits per heavy atom. The Morgan fingerprint density at radius 2 is 2.15 bits per heavy atom. The molecule has 0 saturated carbocycles. The Balaban J connectivity index is 2.06. The van der Waals surface area contributed by atoms with E-state index in [-0.39, 0.29) is 0 Å². The van der Waals surface area contributed by atoms with Crippen LogP contribution in [0.4, 0.5) is 0 Å². The number of hydrogen-bond donors (Lipinski definition) is 0. The Labute approximate surface area is 128 Å². The van der Waals surface area contributed by atoms with E-state index in [2.05, 4.69) is 22.6 Å². The van der Waals surface area contributed by atoms with Crippen molar-refractivity contribution in [1.82, 2.24) is 0 Å². The van der Waals surface area contributed by atoms with Crippen LogP contribution in [0.3, 0.4) is 0 Å². The molecule has 3 nitrogen and oxygen atoms in total. The van der Waals surface area contributed by atoms with E-state index in [1.165, 1.54) is 0 Å². The van der Waals surface area contributed by atoms with Gasteiger partial charge in [-0.25, -0.2) is 9.98 Å². The number of halogens is 2. The van der Waals surface area contributed by atoms with Crippen LogP contribution in [0, 0.1) is 11.3 Å². The fourth-order valence-corrected chi connectivity index (χ4v) is 2.49. The summed E-state index contributed by atoms with van der Waals surface area (Å²) in [6.07, 6.45) is 5.16. The summed E-state index contributed by atoms with van der Waals surface area (Å²) in [6, 6.07) is 7.56. The molecule has 0 N–H and O–H groups in total. The number of aryl methyl sites for hydroxylation is 1. The monoisotopic (exact) mass is 305 g/mol. The fourth-order valence-electron chi connectivity index (χ4n) is 1.98. The number of benzene rings is 1. The second-order valence-electron chi connectivity index (χ2n) is 4.52. The zero-order valence-corrected chi connectivity index (χ0v) is 12.3. The first-order chi connectivity index (χ1) is 9.58. The van der Waals surface area contributed by atoms with Crippen LogP contribution in [-0.4, -0.2) is 17.6 Å². The third-order valence-electron chi connectivity index (χ3n) is 3.03. The van der Waals surface area contributed by atoms with Gasteiger partial charge in [0.2, 0.25) is 5.66 Å². The minimum absolute atomic E-state index is 0.422. The summed E-state index contributed by atoms with van der Waals surface area (Å²) in [4.78, 5) is 8.57. The van der Waals surface area contributed by atoms with E-state index in [1.807, 2.05) is 12.1 Å². The standard InChI is InChI=1S/C15H13Cl2N3/c1-2-7-15(10-18)19-9-13(20-15)6-4-11-3-5-12(16)8-14(11)17/h2-3,5,8-9H,1,4,6-7H2. The molecule has 2 rings (SSSR count). The van der Waals surface area contributed by atoms with Gasteiger partial charge in [0.25, 0.3) is 0 Å². The van der Waals surface area contributed by atoms with Crippen LogP contribution in [-0.2, 0) is 6.42 Å². The summed E-state index contributed by atoms with van der Waals surface area (Å²) in [5.41, 5.74) is 0.797. The normalized spacial score (nSPS) is 20.6. The molecule has 1 atom stereocenters. The van der Waals surface area contributed by atoms with Crippen LogP contribution < -0.4 is 0 Å². The predicted molar refractivity (Wildman–Crippen MR) is 83.9 cm³/mol. The van der Waals surface area contributed by atoms with Gasteiger partial charge in [0.1, 0.15) is 6.07 Å². The third kappa shape index (κ3) is 3.27. The molecule has 5 heteroatoms. The molecule has 0 saturated heterocycles. The first kappa shape index (κ1) is 14.8. The molecule has 20 heavy (non-hydrogen) atoms. The van der Waals surface area contributed by atoms with E-state index in [0.717, 1.165) is 17.7 Å². The molecule has 1 heterocycles. The highest BCUT2D eigenvalue weighted by Crippen LogP contribution is 2.25. The number of nitriles is 1. The van der Waals surface area contributed by atoms with E-state index >= 15 is 0 Å². The van der Waals surface area contributed by atoms with Gasteiger partial charge in [-0.2, -0.15) is 5.26 Å². The predicted octanol–water partition coefficient (Wildman–Crippen LogP) is 4.25. The van der Waals surface area contributed by atoms with Gasteiger partial charge in [-0.15, -0.1) is 6.58 Å². The van der Waals surface area contributed by atoms with Crippen LogP contribution in [0.25, 0.3) is 0 Å². The van der Waals surface area contributed by atoms with Crippen molar-refractivity contribution in [3.05, 3.63) is 46.5 Å². The second-order valence-corrected chi connectivity index (χ2v) is 5.36. The van der Waals surface area contributed by atoms with E-state index in [4.69, 9.17) is 23.2 Å². The van der Waals surface area contributed by atoms with Crippen LogP contribution in [0.1, 0.15) is 18.4 Å². The van der Waals surface area contributed by atoms with Crippen molar-refractivity contribution in [3.63, 3.8) is 0 Å². The zero-order valence-electron chi connectivity index (χ0n) is 10.8. The molecule has 0 radical (unpaired) electrons. The van der Waals surface area contributed by atoms with E-state index in [1.54, 1.807) is 18.4 Å². The summed E-state index contributed by atoms with van der Waals surface area (Å²) in [6.45, 7) is 3.63. The summed E-state index contributed by atoms with van der Waals surface area (Å²) in [7, 11) is 0. The van der Waals surface area contributed by atoms with Gasteiger partial charge in [0.05, 0.1) is 5.71 Å². The molecule has 0 fully saturated rings. The lowest BCUT2D eigenvalue weighted by Crippen LogP contribution is -2.17. The Bertz CT molecular complexity index is 628. The molecule has 0 spiro atoms. The Hall–Kier alpha value is -1.63. The maximum Gasteiger partial charge on any atom is 0.240 e.